The van der Waals surface area contributed by atoms with E-state index in [2.05, 4.69) is 46.2 Å². The Morgan fingerprint density at radius 1 is 0.471 bits per heavy atom. The van der Waals surface area contributed by atoms with Crippen molar-refractivity contribution in [2.45, 2.75) is 35.5 Å². The fourth-order valence-corrected chi connectivity index (χ4v) is 8.32. The number of rotatable bonds is 14. The average molecular weight is 980 g/mol. The fourth-order valence-electron chi connectivity index (χ4n) is 6.43. The van der Waals surface area contributed by atoms with E-state index >= 15 is 0 Å². The van der Waals surface area contributed by atoms with Gasteiger partial charge < -0.3 is 20.3 Å². The number of nitrogens with zero attached hydrogens (tertiary/aromatic N) is 8. The number of azo groups is 4. The van der Waals surface area contributed by atoms with E-state index in [0.717, 1.165) is 18.2 Å². The maximum Gasteiger partial charge on any atom is 0.296 e. The molecule has 0 aliphatic carbocycles. The summed E-state index contributed by atoms with van der Waals surface area (Å²) in [6.07, 6.45) is 0. The normalized spacial score (nSPS) is 12.6. The molecule has 7 aromatic carbocycles. The van der Waals surface area contributed by atoms with Crippen LogP contribution in [0.1, 0.15) is 16.7 Å². The molecule has 0 saturated heterocycles. The van der Waals surface area contributed by atoms with Crippen LogP contribution in [0.25, 0.3) is 10.8 Å². The lowest BCUT2D eigenvalue weighted by Gasteiger charge is -2.12. The van der Waals surface area contributed by atoms with Gasteiger partial charge in [0.15, 0.2) is 5.75 Å². The highest BCUT2D eigenvalue weighted by molar-refractivity contribution is 7.87. The van der Waals surface area contributed by atoms with Gasteiger partial charge in [-0.05, 0) is 152 Å². The monoisotopic (exact) mass is 979 g/mol. The van der Waals surface area contributed by atoms with E-state index in [0.29, 0.717) is 62.6 Å². The van der Waals surface area contributed by atoms with Gasteiger partial charge in [-0.15, -0.1) is 15.3 Å². The zero-order valence-electron chi connectivity index (χ0n) is 35.9. The van der Waals surface area contributed by atoms with E-state index in [9.17, 15) is 49.1 Å². The van der Waals surface area contributed by atoms with Gasteiger partial charge in [-0.1, -0.05) is 0 Å². The molecule has 7 rings (SSSR count). The molecule has 0 unspecified atom stereocenters. The minimum Gasteiger partial charge on any atom is -0.506 e. The zero-order valence-corrected chi connectivity index (χ0v) is 38.3. The average Bonchev–Trinajstić information content (AvgIpc) is 3.27. The first-order valence-corrected chi connectivity index (χ1v) is 23.9. The summed E-state index contributed by atoms with van der Waals surface area (Å²) >= 11 is 0. The summed E-state index contributed by atoms with van der Waals surface area (Å²) in [4.78, 5) is -2.34. The molecule has 0 radical (unpaired) electrons. The zero-order chi connectivity index (χ0) is 49.1. The largest absolute Gasteiger partial charge is 0.506 e. The van der Waals surface area contributed by atoms with Gasteiger partial charge in [-0.3, -0.25) is 13.7 Å². The minimum absolute atomic E-state index is 0.0957. The molecule has 0 aromatic heterocycles. The summed E-state index contributed by atoms with van der Waals surface area (Å²) in [6, 6.07) is 27.9. The summed E-state index contributed by atoms with van der Waals surface area (Å²) in [5.74, 6) is -0.304. The Bertz CT molecular complexity index is 3620. The third-order valence-corrected chi connectivity index (χ3v) is 12.5. The van der Waals surface area contributed by atoms with Gasteiger partial charge in [0, 0.05) is 22.8 Å². The van der Waals surface area contributed by atoms with Gasteiger partial charge in [0.1, 0.15) is 38.4 Å². The number of fused-ring (bicyclic) bond motifs is 1. The van der Waals surface area contributed by atoms with Crippen LogP contribution in [-0.2, 0) is 30.4 Å². The fraction of sp³-hybridized carbons (Fsp3) is 0.0909. The Hall–Kier alpha value is -7.87. The summed E-state index contributed by atoms with van der Waals surface area (Å²) in [6.45, 7) is 5.13. The van der Waals surface area contributed by atoms with E-state index in [4.69, 9.17) is 4.74 Å². The number of ether oxygens (including phenoxy) is 1. The molecule has 0 aliphatic heterocycles. The first-order chi connectivity index (χ1) is 32.1. The number of phenols is 2. The summed E-state index contributed by atoms with van der Waals surface area (Å²) in [5.41, 5.74) is 3.93. The third-order valence-electron chi connectivity index (χ3n) is 9.94. The van der Waals surface area contributed by atoms with Crippen molar-refractivity contribution in [1.82, 2.24) is 0 Å². The molecule has 6 N–H and O–H groups in total. The Kier molecular flexibility index (Phi) is 13.5. The molecular weight excluding hydrogens is 943 g/mol. The second kappa shape index (κ2) is 19.2. The number of aryl methyl sites for hydroxylation is 3. The molecule has 0 saturated carbocycles. The van der Waals surface area contributed by atoms with Gasteiger partial charge in [0.25, 0.3) is 30.4 Å². The SMILES string of the molecule is COc1ccc(Nc2ccc3c(O)c(N=Nc4cc(C)c(/N=N\c5ccc(/N=N\c6ccc(N=Nc7ccc(S(=O)(=O)O)cc7S(=O)(=O)O)c(C)c6)c(C)c5)cc4O)c(S(=O)(=O)O)cc3c2)cc1. The molecule has 348 valence electrons. The lowest BCUT2D eigenvalue weighted by molar-refractivity contribution is 0.415. The van der Waals surface area contributed by atoms with E-state index < -0.39 is 62.2 Å². The van der Waals surface area contributed by atoms with Crippen molar-refractivity contribution in [3.05, 3.63) is 132 Å². The van der Waals surface area contributed by atoms with Crippen LogP contribution in [0.15, 0.2) is 171 Å². The Morgan fingerprint density at radius 2 is 1.00 bits per heavy atom. The topological polar surface area (TPSA) is 324 Å². The minimum atomic E-state index is -4.94. The van der Waals surface area contributed by atoms with Crippen molar-refractivity contribution in [1.29, 1.82) is 0 Å². The van der Waals surface area contributed by atoms with Gasteiger partial charge in [-0.2, -0.15) is 50.8 Å². The predicted molar refractivity (Wildman–Crippen MR) is 250 cm³/mol. The Balaban J connectivity index is 1.04. The van der Waals surface area contributed by atoms with E-state index in [1.807, 2.05) is 0 Å². The van der Waals surface area contributed by atoms with E-state index in [1.54, 1.807) is 101 Å². The predicted octanol–water partition coefficient (Wildman–Crippen LogP) is 12.3. The second-order valence-corrected chi connectivity index (χ2v) is 19.0. The molecule has 24 heteroatoms. The van der Waals surface area contributed by atoms with E-state index in [-0.39, 0.29) is 27.8 Å². The van der Waals surface area contributed by atoms with Crippen molar-refractivity contribution in [3.63, 3.8) is 0 Å². The van der Waals surface area contributed by atoms with Crippen molar-refractivity contribution >= 4 is 98.0 Å². The maximum absolute atomic E-state index is 12.5. The maximum atomic E-state index is 12.5. The highest BCUT2D eigenvalue weighted by atomic mass is 32.2. The summed E-state index contributed by atoms with van der Waals surface area (Å²) in [5, 5.41) is 58.7. The first-order valence-electron chi connectivity index (χ1n) is 19.6. The van der Waals surface area contributed by atoms with Crippen LogP contribution in [0.4, 0.5) is 56.9 Å². The number of aromatic hydroxyl groups is 2. The molecule has 68 heavy (non-hydrogen) atoms. The molecule has 0 aliphatic rings. The molecule has 21 nitrogen and oxygen atoms in total. The number of phenolic OH excluding ortho intramolecular Hbond substituents is 2. The standard InChI is InChI=1S/C44H37N9O12S3/c1-24-17-31(8-14-35(24)48-46-30-9-15-36(25(2)18-30)49-50-37-16-12-33(66(56,57)58)22-41(37)67(59,60)61)47-51-38-23-40(54)39(19-26(38)3)52-53-43-42(68(62,63)64)21-27-20-29(7-13-34(27)44(43)55)45-28-5-10-32(65-4)11-6-28/h5-23,45,54-55H,1-4H3,(H,56,57,58)(H,59,60,61)(H,62,63,64)/b48-46-,50-49?,51-47-,53-52?. The second-order valence-electron chi connectivity index (χ2n) is 14.8. The van der Waals surface area contributed by atoms with Crippen molar-refractivity contribution in [2.24, 2.45) is 40.9 Å². The molecular formula is C44H37N9O12S3. The van der Waals surface area contributed by atoms with Crippen molar-refractivity contribution in [2.75, 3.05) is 12.4 Å². The molecule has 7 aromatic rings. The van der Waals surface area contributed by atoms with Crippen molar-refractivity contribution in [3.8, 4) is 17.2 Å². The van der Waals surface area contributed by atoms with Gasteiger partial charge in [-0.25, -0.2) is 0 Å². The molecule has 0 fully saturated rings. The third kappa shape index (κ3) is 11.2. The van der Waals surface area contributed by atoms with Gasteiger partial charge in [0.2, 0.25) is 0 Å². The Morgan fingerprint density at radius 3 is 1.57 bits per heavy atom. The lowest BCUT2D eigenvalue weighted by Crippen LogP contribution is -2.03. The number of hydrogen-bond acceptors (Lipinski definition) is 18. The molecule has 0 bridgehead atoms. The van der Waals surface area contributed by atoms with Gasteiger partial charge >= 0.3 is 0 Å². The van der Waals surface area contributed by atoms with Crippen LogP contribution < -0.4 is 10.1 Å². The van der Waals surface area contributed by atoms with Crippen LogP contribution in [0.2, 0.25) is 0 Å². The summed E-state index contributed by atoms with van der Waals surface area (Å²) < 4.78 is 106. The van der Waals surface area contributed by atoms with Crippen LogP contribution in [-0.4, -0.2) is 56.2 Å². The smallest absolute Gasteiger partial charge is 0.296 e. The van der Waals surface area contributed by atoms with Crippen LogP contribution in [0.3, 0.4) is 0 Å². The summed E-state index contributed by atoms with van der Waals surface area (Å²) in [7, 11) is -13.1. The van der Waals surface area contributed by atoms with E-state index in [1.165, 1.54) is 18.2 Å². The van der Waals surface area contributed by atoms with Crippen LogP contribution >= 0.6 is 0 Å². The number of anilines is 2. The Labute approximate surface area is 388 Å². The molecule has 0 amide bonds. The molecule has 0 spiro atoms. The number of methoxy groups -OCH3 is 1. The molecule has 0 heterocycles. The van der Waals surface area contributed by atoms with Gasteiger partial charge in [0.05, 0.1) is 40.4 Å². The number of nitrogens with one attached hydrogen (secondary N) is 1. The first kappa shape index (κ1) is 48.1. The highest BCUT2D eigenvalue weighted by Crippen LogP contribution is 2.44. The quantitative estimate of drug-likeness (QED) is 0.0436. The van der Waals surface area contributed by atoms with Crippen LogP contribution in [0, 0.1) is 20.8 Å². The molecule has 0 atom stereocenters. The number of benzene rings is 7. The lowest BCUT2D eigenvalue weighted by atomic mass is 10.1. The number of hydrogen-bond donors (Lipinski definition) is 6. The van der Waals surface area contributed by atoms with Crippen LogP contribution in [0.5, 0.6) is 17.2 Å². The van der Waals surface area contributed by atoms with Crippen molar-refractivity contribution < 1.29 is 53.9 Å². The highest BCUT2D eigenvalue weighted by Gasteiger charge is 2.23.